The first-order valence-electron chi connectivity index (χ1n) is 7.31. The number of hydrogen-bond donors (Lipinski definition) is 3. The number of nitrogens with one attached hydrogen (secondary N) is 2. The van der Waals surface area contributed by atoms with Gasteiger partial charge in [0.1, 0.15) is 11.6 Å². The molecule has 0 spiro atoms. The molecule has 0 unspecified atom stereocenters. The summed E-state index contributed by atoms with van der Waals surface area (Å²) in [6.45, 7) is 1.78. The van der Waals surface area contributed by atoms with E-state index < -0.39 is 11.5 Å². The molecule has 9 heteroatoms. The average Bonchev–Trinajstić information content (AvgIpc) is 2.59. The zero-order chi connectivity index (χ0) is 18.4. The lowest BCUT2D eigenvalue weighted by Crippen LogP contribution is -2.20. The smallest absolute Gasteiger partial charge is 0.269 e. The summed E-state index contributed by atoms with van der Waals surface area (Å²) in [6, 6.07) is 8.21. The van der Waals surface area contributed by atoms with Crippen LogP contribution in [0.5, 0.6) is 0 Å². The summed E-state index contributed by atoms with van der Waals surface area (Å²) in [5.74, 6) is -1.07. The number of primary amides is 1. The number of hydrogen-bond acceptors (Lipinski definition) is 6. The van der Waals surface area contributed by atoms with Crippen molar-refractivity contribution in [2.45, 2.75) is 18.5 Å². The summed E-state index contributed by atoms with van der Waals surface area (Å²) in [5, 5.41) is 11.8. The Labute approximate surface area is 147 Å². The minimum Gasteiger partial charge on any atom is -0.366 e. The van der Waals surface area contributed by atoms with Gasteiger partial charge >= 0.3 is 0 Å². The first kappa shape index (κ1) is 18.2. The van der Waals surface area contributed by atoms with Gasteiger partial charge in [-0.05, 0) is 18.6 Å². The summed E-state index contributed by atoms with van der Waals surface area (Å²) in [4.78, 5) is 41.9. The van der Waals surface area contributed by atoms with Gasteiger partial charge in [-0.3, -0.25) is 14.4 Å². The van der Waals surface area contributed by atoms with Crippen LogP contribution < -0.4 is 16.6 Å². The van der Waals surface area contributed by atoms with E-state index in [1.165, 1.54) is 6.07 Å². The molecule has 0 aliphatic heterocycles. The molecule has 0 bridgehead atoms. The molecule has 0 radical (unpaired) electrons. The van der Waals surface area contributed by atoms with Crippen LogP contribution in [0.25, 0.3) is 0 Å². The number of aromatic amines is 1. The molecule has 0 aliphatic carbocycles. The number of aromatic nitrogens is 2. The molecule has 1 aromatic heterocycles. The van der Waals surface area contributed by atoms with E-state index in [1.807, 2.05) is 6.07 Å². The third kappa shape index (κ3) is 4.45. The Morgan fingerprint density at radius 3 is 2.76 bits per heavy atom. The number of benzene rings is 1. The highest BCUT2D eigenvalue weighted by molar-refractivity contribution is 7.99. The lowest BCUT2D eigenvalue weighted by Gasteiger charge is -2.08. The van der Waals surface area contributed by atoms with E-state index in [1.54, 1.807) is 25.1 Å². The second-order valence-electron chi connectivity index (χ2n) is 4.90. The number of rotatable bonds is 6. The van der Waals surface area contributed by atoms with Crippen LogP contribution in [-0.2, 0) is 11.2 Å². The number of nitrogens with zero attached hydrogens (tertiary/aromatic N) is 2. The number of para-hydroxylation sites is 1. The molecule has 0 aliphatic rings. The van der Waals surface area contributed by atoms with Gasteiger partial charge in [0.05, 0.1) is 22.7 Å². The maximum atomic E-state index is 12.1. The van der Waals surface area contributed by atoms with Crippen LogP contribution in [0.15, 0.2) is 34.2 Å². The minimum atomic E-state index is -0.644. The van der Waals surface area contributed by atoms with Gasteiger partial charge in [-0.2, -0.15) is 5.26 Å². The van der Waals surface area contributed by atoms with Crippen molar-refractivity contribution in [3.8, 4) is 6.07 Å². The Bertz CT molecular complexity index is 917. The number of H-pyrrole nitrogens is 1. The van der Waals surface area contributed by atoms with Gasteiger partial charge in [0.15, 0.2) is 5.16 Å². The van der Waals surface area contributed by atoms with Crippen LogP contribution in [0.4, 0.5) is 5.69 Å². The van der Waals surface area contributed by atoms with Crippen molar-refractivity contribution in [2.75, 3.05) is 11.1 Å². The zero-order valence-corrected chi connectivity index (χ0v) is 14.1. The summed E-state index contributed by atoms with van der Waals surface area (Å²) in [6.07, 6.45) is 0.429. The highest BCUT2D eigenvalue weighted by Crippen LogP contribution is 2.17. The number of carbonyl (C=O) groups excluding carboxylic acids is 2. The molecule has 0 saturated heterocycles. The van der Waals surface area contributed by atoms with E-state index in [9.17, 15) is 14.4 Å². The fourth-order valence-corrected chi connectivity index (χ4v) is 2.74. The van der Waals surface area contributed by atoms with E-state index in [2.05, 4.69) is 15.3 Å². The number of thioether (sulfide) groups is 1. The van der Waals surface area contributed by atoms with E-state index in [-0.39, 0.29) is 27.9 Å². The molecule has 2 amide bonds. The maximum Gasteiger partial charge on any atom is 0.269 e. The molecule has 128 valence electrons. The molecule has 1 aromatic carbocycles. The van der Waals surface area contributed by atoms with Crippen LogP contribution in [0.2, 0.25) is 0 Å². The first-order valence-corrected chi connectivity index (χ1v) is 8.29. The quantitative estimate of drug-likeness (QED) is 0.521. The number of carbonyl (C=O) groups is 2. The van der Waals surface area contributed by atoms with E-state index in [0.717, 1.165) is 11.8 Å². The topological polar surface area (TPSA) is 142 Å². The van der Waals surface area contributed by atoms with Gasteiger partial charge in [-0.15, -0.1) is 0 Å². The Balaban J connectivity index is 2.09. The van der Waals surface area contributed by atoms with Crippen molar-refractivity contribution in [1.29, 1.82) is 5.26 Å². The molecule has 0 saturated carbocycles. The maximum absolute atomic E-state index is 12.1. The van der Waals surface area contributed by atoms with Crippen molar-refractivity contribution >= 4 is 29.3 Å². The third-order valence-corrected chi connectivity index (χ3v) is 4.10. The summed E-state index contributed by atoms with van der Waals surface area (Å²) in [5.41, 5.74) is 5.61. The second-order valence-corrected chi connectivity index (χ2v) is 5.87. The average molecular weight is 357 g/mol. The molecule has 2 rings (SSSR count). The number of anilines is 1. The standard InChI is InChI=1S/C16H15N5O3S/c1-2-11-10(7-17)15(24)21-16(20-11)25-8-13(22)19-12-6-4-3-5-9(12)14(18)23/h3-6H,2,8H2,1H3,(H2,18,23)(H,19,22)(H,20,21,24). The fourth-order valence-electron chi connectivity index (χ4n) is 2.06. The van der Waals surface area contributed by atoms with Gasteiger partial charge < -0.3 is 16.0 Å². The molecule has 2 aromatic rings. The van der Waals surface area contributed by atoms with Crippen LogP contribution in [-0.4, -0.2) is 27.5 Å². The predicted octanol–water partition coefficient (Wildman–Crippen LogP) is 1.03. The lowest BCUT2D eigenvalue weighted by molar-refractivity contribution is -0.113. The van der Waals surface area contributed by atoms with Crippen LogP contribution in [0.1, 0.15) is 28.5 Å². The molecule has 4 N–H and O–H groups in total. The third-order valence-electron chi connectivity index (χ3n) is 3.23. The highest BCUT2D eigenvalue weighted by atomic mass is 32.2. The van der Waals surface area contributed by atoms with Crippen LogP contribution in [0, 0.1) is 11.3 Å². The summed E-state index contributed by atoms with van der Waals surface area (Å²) in [7, 11) is 0. The first-order chi connectivity index (χ1) is 12.0. The van der Waals surface area contributed by atoms with Gasteiger partial charge in [0, 0.05) is 0 Å². The van der Waals surface area contributed by atoms with E-state index >= 15 is 0 Å². The van der Waals surface area contributed by atoms with Crippen molar-refractivity contribution in [1.82, 2.24) is 9.97 Å². The molecule has 8 nitrogen and oxygen atoms in total. The monoisotopic (exact) mass is 357 g/mol. The Morgan fingerprint density at radius 1 is 1.40 bits per heavy atom. The number of amides is 2. The van der Waals surface area contributed by atoms with Gasteiger partial charge in [0.25, 0.3) is 11.5 Å². The Hall–Kier alpha value is -3.12. The molecule has 0 atom stereocenters. The van der Waals surface area contributed by atoms with Gasteiger partial charge in [-0.25, -0.2) is 4.98 Å². The molecule has 0 fully saturated rings. The normalized spacial score (nSPS) is 10.1. The van der Waals surface area contributed by atoms with Crippen molar-refractivity contribution in [2.24, 2.45) is 5.73 Å². The molecule has 1 heterocycles. The highest BCUT2D eigenvalue weighted by Gasteiger charge is 2.13. The van der Waals surface area contributed by atoms with Crippen molar-refractivity contribution in [3.05, 3.63) is 51.4 Å². The van der Waals surface area contributed by atoms with Crippen LogP contribution in [0.3, 0.4) is 0 Å². The van der Waals surface area contributed by atoms with Crippen LogP contribution >= 0.6 is 11.8 Å². The number of nitrogens with two attached hydrogens (primary N) is 1. The Kier molecular flexibility index (Phi) is 5.92. The molecular formula is C16H15N5O3S. The van der Waals surface area contributed by atoms with Gasteiger partial charge in [0.2, 0.25) is 5.91 Å². The largest absolute Gasteiger partial charge is 0.366 e. The summed E-state index contributed by atoms with van der Waals surface area (Å²) >= 11 is 1.02. The summed E-state index contributed by atoms with van der Waals surface area (Å²) < 4.78 is 0. The molecular weight excluding hydrogens is 342 g/mol. The van der Waals surface area contributed by atoms with Gasteiger partial charge in [-0.1, -0.05) is 30.8 Å². The SMILES string of the molecule is CCc1nc(SCC(=O)Nc2ccccc2C(N)=O)[nH]c(=O)c1C#N. The fraction of sp³-hybridized carbons (Fsp3) is 0.188. The van der Waals surface area contributed by atoms with E-state index in [0.29, 0.717) is 17.8 Å². The Morgan fingerprint density at radius 2 is 2.12 bits per heavy atom. The predicted molar refractivity (Wildman–Crippen MR) is 93.3 cm³/mol. The van der Waals surface area contributed by atoms with E-state index in [4.69, 9.17) is 11.0 Å². The number of nitriles is 1. The van der Waals surface area contributed by atoms with Crippen molar-refractivity contribution in [3.63, 3.8) is 0 Å². The minimum absolute atomic E-state index is 0.0216. The number of aryl methyl sites for hydroxylation is 1. The zero-order valence-electron chi connectivity index (χ0n) is 13.3. The lowest BCUT2D eigenvalue weighted by atomic mass is 10.1. The second kappa shape index (κ2) is 8.12. The molecule has 25 heavy (non-hydrogen) atoms. The van der Waals surface area contributed by atoms with Crippen molar-refractivity contribution < 1.29 is 9.59 Å².